The lowest BCUT2D eigenvalue weighted by molar-refractivity contribution is 0.311. The lowest BCUT2D eigenvalue weighted by Gasteiger charge is -2.34. The van der Waals surface area contributed by atoms with Crippen molar-refractivity contribution < 1.29 is 0 Å². The highest BCUT2D eigenvalue weighted by atomic mass is 15.3. The van der Waals surface area contributed by atoms with E-state index < -0.39 is 0 Å². The summed E-state index contributed by atoms with van der Waals surface area (Å²) in [5.74, 6) is 1.27. The van der Waals surface area contributed by atoms with Gasteiger partial charge in [0.1, 0.15) is 11.5 Å². The molecule has 0 spiro atoms. The van der Waals surface area contributed by atoms with Crippen molar-refractivity contribution in [2.24, 2.45) is 0 Å². The van der Waals surface area contributed by atoms with Gasteiger partial charge in [-0.2, -0.15) is 0 Å². The molecule has 2 aliphatic heterocycles. The van der Waals surface area contributed by atoms with E-state index in [4.69, 9.17) is 4.98 Å². The fraction of sp³-hybridized carbons (Fsp3) is 0.500. The number of likely N-dealkylation sites (N-methyl/N-ethyl adjacent to an activating group) is 1. The molecule has 158 valence electrons. The number of rotatable bonds is 3. The van der Waals surface area contributed by atoms with Gasteiger partial charge in [0.25, 0.3) is 0 Å². The van der Waals surface area contributed by atoms with Crippen molar-refractivity contribution in [3.8, 4) is 0 Å². The van der Waals surface area contributed by atoms with Gasteiger partial charge < -0.3 is 15.1 Å². The van der Waals surface area contributed by atoms with Crippen LogP contribution >= 0.6 is 0 Å². The molecule has 0 aromatic carbocycles. The summed E-state index contributed by atoms with van der Waals surface area (Å²) in [5, 5.41) is 3.87. The van der Waals surface area contributed by atoms with Crippen LogP contribution in [-0.4, -0.2) is 52.5 Å². The molecule has 2 aliphatic rings. The van der Waals surface area contributed by atoms with Crippen LogP contribution in [0.3, 0.4) is 0 Å². The molecule has 3 aromatic heterocycles. The summed E-state index contributed by atoms with van der Waals surface area (Å²) < 4.78 is 2.36. The number of nitrogens with zero attached hydrogens (tertiary/aromatic N) is 5. The number of piperazine rings is 1. The first-order valence-corrected chi connectivity index (χ1v) is 11.2. The van der Waals surface area contributed by atoms with Crippen molar-refractivity contribution in [1.29, 1.82) is 0 Å². The van der Waals surface area contributed by atoms with Gasteiger partial charge in [-0.05, 0) is 63.9 Å². The molecule has 2 fully saturated rings. The molecule has 2 unspecified atom stereocenters. The summed E-state index contributed by atoms with van der Waals surface area (Å²) in [5.41, 5.74) is 5.95. The minimum absolute atomic E-state index is 0.269. The van der Waals surface area contributed by atoms with E-state index in [-0.39, 0.29) is 6.04 Å². The second-order valence-electron chi connectivity index (χ2n) is 8.86. The SMILES string of the molecule is Cc1cccnc1C1CCCC(c2nc3cccc(N4CCN(C)CC4)n3c2C)N1. The molecule has 6 heteroatoms. The first-order chi connectivity index (χ1) is 14.6. The molecular weight excluding hydrogens is 372 g/mol. The van der Waals surface area contributed by atoms with Gasteiger partial charge >= 0.3 is 0 Å². The van der Waals surface area contributed by atoms with E-state index in [9.17, 15) is 0 Å². The van der Waals surface area contributed by atoms with Crippen molar-refractivity contribution >= 4 is 11.5 Å². The van der Waals surface area contributed by atoms with Crippen molar-refractivity contribution in [3.05, 3.63) is 59.2 Å². The summed E-state index contributed by atoms with van der Waals surface area (Å²) in [6.07, 6.45) is 5.35. The Morgan fingerprint density at radius 2 is 1.70 bits per heavy atom. The normalized spacial score (nSPS) is 23.2. The number of nitrogens with one attached hydrogen (secondary N) is 1. The zero-order chi connectivity index (χ0) is 20.7. The molecule has 0 radical (unpaired) electrons. The number of fused-ring (bicyclic) bond motifs is 1. The van der Waals surface area contributed by atoms with Gasteiger partial charge in [0.2, 0.25) is 0 Å². The van der Waals surface area contributed by atoms with E-state index in [1.807, 2.05) is 12.3 Å². The van der Waals surface area contributed by atoms with Crippen LogP contribution in [0.4, 0.5) is 5.82 Å². The van der Waals surface area contributed by atoms with Crippen molar-refractivity contribution in [2.45, 2.75) is 45.2 Å². The Hall–Kier alpha value is -2.44. The fourth-order valence-corrected chi connectivity index (χ4v) is 5.08. The second kappa shape index (κ2) is 8.00. The molecular formula is C24H32N6. The summed E-state index contributed by atoms with van der Waals surface area (Å²) in [7, 11) is 2.20. The van der Waals surface area contributed by atoms with Crippen LogP contribution < -0.4 is 10.2 Å². The van der Waals surface area contributed by atoms with Crippen LogP contribution in [0, 0.1) is 13.8 Å². The van der Waals surface area contributed by atoms with E-state index in [2.05, 4.69) is 69.7 Å². The molecule has 3 aromatic rings. The Labute approximate surface area is 178 Å². The maximum absolute atomic E-state index is 5.10. The van der Waals surface area contributed by atoms with Gasteiger partial charge in [0.15, 0.2) is 0 Å². The topological polar surface area (TPSA) is 48.7 Å². The number of hydrogen-bond acceptors (Lipinski definition) is 5. The minimum Gasteiger partial charge on any atom is -0.355 e. The third-order valence-electron chi connectivity index (χ3n) is 6.82. The third kappa shape index (κ3) is 3.48. The number of aromatic nitrogens is 3. The van der Waals surface area contributed by atoms with Crippen LogP contribution in [-0.2, 0) is 0 Å². The van der Waals surface area contributed by atoms with E-state index >= 15 is 0 Å². The van der Waals surface area contributed by atoms with Crippen molar-refractivity contribution in [2.75, 3.05) is 38.1 Å². The Morgan fingerprint density at radius 3 is 2.47 bits per heavy atom. The van der Waals surface area contributed by atoms with Crippen LogP contribution in [0.5, 0.6) is 0 Å². The number of aryl methyl sites for hydroxylation is 2. The van der Waals surface area contributed by atoms with Gasteiger partial charge in [-0.15, -0.1) is 0 Å². The predicted octanol–water partition coefficient (Wildman–Crippen LogP) is 3.65. The summed E-state index contributed by atoms with van der Waals surface area (Å²) in [6, 6.07) is 11.3. The molecule has 6 nitrogen and oxygen atoms in total. The molecule has 2 saturated heterocycles. The molecule has 5 heterocycles. The largest absolute Gasteiger partial charge is 0.355 e. The Balaban J connectivity index is 1.47. The molecule has 0 amide bonds. The highest BCUT2D eigenvalue weighted by Gasteiger charge is 2.29. The molecule has 0 aliphatic carbocycles. The van der Waals surface area contributed by atoms with Crippen LogP contribution in [0.1, 0.15) is 54.0 Å². The standard InChI is InChI=1S/C24H32N6/c1-17-7-6-12-25-23(17)19-8-4-9-20(26-19)24-18(2)30-21(27-24)10-5-11-22(30)29-15-13-28(3)14-16-29/h5-7,10-12,19-20,26H,4,8-9,13-16H2,1-3H3. The number of hydrogen-bond donors (Lipinski definition) is 1. The van der Waals surface area contributed by atoms with E-state index in [0.29, 0.717) is 6.04 Å². The van der Waals surface area contributed by atoms with E-state index in [1.54, 1.807) is 0 Å². The Morgan fingerprint density at radius 1 is 0.933 bits per heavy atom. The Kier molecular flexibility index (Phi) is 5.21. The second-order valence-corrected chi connectivity index (χ2v) is 8.86. The van der Waals surface area contributed by atoms with Gasteiger partial charge in [-0.25, -0.2) is 4.98 Å². The highest BCUT2D eigenvalue weighted by Crippen LogP contribution is 2.35. The first-order valence-electron chi connectivity index (χ1n) is 11.2. The smallest absolute Gasteiger partial charge is 0.138 e. The molecule has 2 atom stereocenters. The number of anilines is 1. The Bertz CT molecular complexity index is 1030. The van der Waals surface area contributed by atoms with Gasteiger partial charge in [-0.3, -0.25) is 9.38 Å². The van der Waals surface area contributed by atoms with Gasteiger partial charge in [-0.1, -0.05) is 12.1 Å². The number of imidazole rings is 1. The van der Waals surface area contributed by atoms with E-state index in [0.717, 1.165) is 44.7 Å². The maximum Gasteiger partial charge on any atom is 0.138 e. The summed E-state index contributed by atoms with van der Waals surface area (Å²) in [4.78, 5) is 14.7. The van der Waals surface area contributed by atoms with Crippen molar-refractivity contribution in [1.82, 2.24) is 24.6 Å². The monoisotopic (exact) mass is 404 g/mol. The van der Waals surface area contributed by atoms with E-state index in [1.165, 1.54) is 34.9 Å². The average molecular weight is 405 g/mol. The third-order valence-corrected chi connectivity index (χ3v) is 6.82. The zero-order valence-corrected chi connectivity index (χ0v) is 18.3. The molecule has 0 bridgehead atoms. The number of pyridine rings is 2. The predicted molar refractivity (Wildman–Crippen MR) is 121 cm³/mol. The number of piperidine rings is 1. The molecule has 5 rings (SSSR count). The fourth-order valence-electron chi connectivity index (χ4n) is 5.08. The quantitative estimate of drug-likeness (QED) is 0.722. The van der Waals surface area contributed by atoms with Crippen molar-refractivity contribution in [3.63, 3.8) is 0 Å². The first kappa shape index (κ1) is 19.5. The lowest BCUT2D eigenvalue weighted by Crippen LogP contribution is -2.45. The summed E-state index contributed by atoms with van der Waals surface area (Å²) >= 11 is 0. The van der Waals surface area contributed by atoms with Gasteiger partial charge in [0, 0.05) is 38.1 Å². The highest BCUT2D eigenvalue weighted by molar-refractivity contribution is 5.55. The maximum atomic E-state index is 5.10. The van der Waals surface area contributed by atoms with Crippen LogP contribution in [0.2, 0.25) is 0 Å². The summed E-state index contributed by atoms with van der Waals surface area (Å²) in [6.45, 7) is 8.72. The van der Waals surface area contributed by atoms with Crippen LogP contribution in [0.25, 0.3) is 5.65 Å². The minimum atomic E-state index is 0.269. The zero-order valence-electron chi connectivity index (χ0n) is 18.3. The van der Waals surface area contributed by atoms with Gasteiger partial charge in [0.05, 0.1) is 23.5 Å². The molecule has 1 N–H and O–H groups in total. The lowest BCUT2D eigenvalue weighted by atomic mass is 9.92. The molecule has 0 saturated carbocycles. The average Bonchev–Trinajstić information content (AvgIpc) is 3.12. The molecule has 30 heavy (non-hydrogen) atoms. The van der Waals surface area contributed by atoms with Crippen LogP contribution in [0.15, 0.2) is 36.5 Å².